The molecule has 0 saturated carbocycles. The lowest BCUT2D eigenvalue weighted by Crippen LogP contribution is -2.48. The first-order valence-corrected chi connectivity index (χ1v) is 5.70. The summed E-state index contributed by atoms with van der Waals surface area (Å²) in [5.41, 5.74) is 0. The van der Waals surface area contributed by atoms with Crippen molar-refractivity contribution in [2.24, 2.45) is 0 Å². The van der Waals surface area contributed by atoms with E-state index in [4.69, 9.17) is 4.74 Å². The lowest BCUT2D eigenvalue weighted by molar-refractivity contribution is 0.0531. The Morgan fingerprint density at radius 1 is 1.47 bits per heavy atom. The number of morpholine rings is 1. The number of urea groups is 1. The van der Waals surface area contributed by atoms with Gasteiger partial charge in [-0.25, -0.2) is 4.79 Å². The van der Waals surface area contributed by atoms with Crippen molar-refractivity contribution in [3.63, 3.8) is 0 Å². The van der Waals surface area contributed by atoms with E-state index in [1.165, 1.54) is 12.8 Å². The minimum absolute atomic E-state index is 0.0481. The Hall–Kier alpha value is -0.810. The van der Waals surface area contributed by atoms with Crippen LogP contribution in [0.1, 0.15) is 12.8 Å². The molecular formula is C10H19N3O2. The molecule has 5 heteroatoms. The maximum atomic E-state index is 11.7. The quantitative estimate of drug-likeness (QED) is 0.667. The van der Waals surface area contributed by atoms with Gasteiger partial charge in [0.1, 0.15) is 0 Å². The van der Waals surface area contributed by atoms with Crippen molar-refractivity contribution in [3.05, 3.63) is 0 Å². The van der Waals surface area contributed by atoms with Crippen LogP contribution in [0.25, 0.3) is 0 Å². The zero-order valence-corrected chi connectivity index (χ0v) is 9.00. The van der Waals surface area contributed by atoms with Crippen LogP contribution >= 0.6 is 0 Å². The maximum Gasteiger partial charge on any atom is 0.317 e. The largest absolute Gasteiger partial charge is 0.378 e. The standard InChI is InChI=1S/C10H19N3O2/c14-10(13-4-6-15-7-5-13)12-8-9-2-1-3-11-9/h9,11H,1-8H2,(H,12,14). The Balaban J connectivity index is 1.66. The second kappa shape index (κ2) is 5.32. The molecule has 2 aliphatic rings. The highest BCUT2D eigenvalue weighted by atomic mass is 16.5. The highest BCUT2D eigenvalue weighted by molar-refractivity contribution is 5.74. The number of nitrogens with one attached hydrogen (secondary N) is 2. The molecule has 2 aliphatic heterocycles. The van der Waals surface area contributed by atoms with Crippen molar-refractivity contribution >= 4 is 6.03 Å². The van der Waals surface area contributed by atoms with Gasteiger partial charge in [-0.15, -0.1) is 0 Å². The van der Waals surface area contributed by atoms with Gasteiger partial charge in [0.05, 0.1) is 13.2 Å². The van der Waals surface area contributed by atoms with Gasteiger partial charge >= 0.3 is 6.03 Å². The summed E-state index contributed by atoms with van der Waals surface area (Å²) in [6.07, 6.45) is 2.39. The van der Waals surface area contributed by atoms with Crippen LogP contribution in [0.15, 0.2) is 0 Å². The number of hydrogen-bond acceptors (Lipinski definition) is 3. The first kappa shape index (κ1) is 10.7. The first-order chi connectivity index (χ1) is 7.36. The van der Waals surface area contributed by atoms with Crippen LogP contribution in [0.5, 0.6) is 0 Å². The van der Waals surface area contributed by atoms with Gasteiger partial charge in [0.25, 0.3) is 0 Å². The lowest BCUT2D eigenvalue weighted by Gasteiger charge is -2.27. The second-order valence-corrected chi connectivity index (χ2v) is 4.08. The maximum absolute atomic E-state index is 11.7. The zero-order chi connectivity index (χ0) is 10.5. The van der Waals surface area contributed by atoms with Gasteiger partial charge in [-0.2, -0.15) is 0 Å². The molecule has 0 aliphatic carbocycles. The summed E-state index contributed by atoms with van der Waals surface area (Å²) in [6, 6.07) is 0.516. The number of carbonyl (C=O) groups is 1. The molecule has 1 atom stereocenters. The van der Waals surface area contributed by atoms with Crippen LogP contribution in [-0.4, -0.2) is 56.4 Å². The molecule has 0 aromatic rings. The Labute approximate surface area is 90.1 Å². The third-order valence-electron chi connectivity index (χ3n) is 2.96. The minimum Gasteiger partial charge on any atom is -0.378 e. The molecule has 2 amide bonds. The van der Waals surface area contributed by atoms with Crippen molar-refractivity contribution in [1.29, 1.82) is 0 Å². The number of nitrogens with zero attached hydrogens (tertiary/aromatic N) is 1. The van der Waals surface area contributed by atoms with E-state index >= 15 is 0 Å². The topological polar surface area (TPSA) is 53.6 Å². The molecule has 0 radical (unpaired) electrons. The van der Waals surface area contributed by atoms with E-state index in [9.17, 15) is 4.79 Å². The molecule has 2 saturated heterocycles. The predicted molar refractivity (Wildman–Crippen MR) is 56.8 cm³/mol. The summed E-state index contributed by atoms with van der Waals surface area (Å²) < 4.78 is 5.19. The van der Waals surface area contributed by atoms with Crippen molar-refractivity contribution in [3.8, 4) is 0 Å². The molecule has 2 N–H and O–H groups in total. The molecule has 2 fully saturated rings. The van der Waals surface area contributed by atoms with Gasteiger partial charge in [-0.1, -0.05) is 0 Å². The molecule has 2 rings (SSSR count). The van der Waals surface area contributed by atoms with Gasteiger partial charge in [0.2, 0.25) is 0 Å². The molecule has 0 bridgehead atoms. The highest BCUT2D eigenvalue weighted by Crippen LogP contribution is 2.03. The van der Waals surface area contributed by atoms with Crippen molar-refractivity contribution in [1.82, 2.24) is 15.5 Å². The normalized spacial score (nSPS) is 26.7. The molecule has 5 nitrogen and oxygen atoms in total. The van der Waals surface area contributed by atoms with E-state index in [2.05, 4.69) is 10.6 Å². The summed E-state index contributed by atoms with van der Waals surface area (Å²) in [6.45, 7) is 4.58. The monoisotopic (exact) mass is 213 g/mol. The molecule has 2 heterocycles. The Kier molecular flexibility index (Phi) is 3.80. The van der Waals surface area contributed by atoms with E-state index in [1.807, 2.05) is 4.90 Å². The molecule has 15 heavy (non-hydrogen) atoms. The van der Waals surface area contributed by atoms with Gasteiger partial charge in [-0.05, 0) is 19.4 Å². The fourth-order valence-electron chi connectivity index (χ4n) is 2.02. The summed E-state index contributed by atoms with van der Waals surface area (Å²) in [4.78, 5) is 13.5. The number of ether oxygens (including phenoxy) is 1. The third-order valence-corrected chi connectivity index (χ3v) is 2.96. The average molecular weight is 213 g/mol. The van der Waals surface area contributed by atoms with Gasteiger partial charge in [-0.3, -0.25) is 0 Å². The van der Waals surface area contributed by atoms with E-state index in [0.717, 1.165) is 13.1 Å². The van der Waals surface area contributed by atoms with Gasteiger partial charge < -0.3 is 20.3 Å². The van der Waals surface area contributed by atoms with E-state index < -0.39 is 0 Å². The van der Waals surface area contributed by atoms with Crippen LogP contribution in [0.2, 0.25) is 0 Å². The molecule has 0 spiro atoms. The fourth-order valence-corrected chi connectivity index (χ4v) is 2.02. The average Bonchev–Trinajstić information content (AvgIpc) is 2.80. The third kappa shape index (κ3) is 3.07. The first-order valence-electron chi connectivity index (χ1n) is 5.70. The molecule has 0 aromatic heterocycles. The summed E-state index contributed by atoms with van der Waals surface area (Å²) in [5.74, 6) is 0. The number of amides is 2. The zero-order valence-electron chi connectivity index (χ0n) is 9.00. The van der Waals surface area contributed by atoms with Crippen molar-refractivity contribution < 1.29 is 9.53 Å². The summed E-state index contributed by atoms with van der Waals surface area (Å²) in [5, 5.41) is 6.32. The molecule has 86 valence electrons. The van der Waals surface area contributed by atoms with E-state index in [1.54, 1.807) is 0 Å². The van der Waals surface area contributed by atoms with Crippen LogP contribution in [-0.2, 0) is 4.74 Å². The fraction of sp³-hybridized carbons (Fsp3) is 0.900. The van der Waals surface area contributed by atoms with E-state index in [-0.39, 0.29) is 6.03 Å². The summed E-state index contributed by atoms with van der Waals surface area (Å²) in [7, 11) is 0. The molecular weight excluding hydrogens is 194 g/mol. The minimum atomic E-state index is 0.0481. The lowest BCUT2D eigenvalue weighted by atomic mass is 10.2. The smallest absolute Gasteiger partial charge is 0.317 e. The predicted octanol–water partition coefficient (Wildman–Crippen LogP) is -0.220. The molecule has 0 aromatic carbocycles. The SMILES string of the molecule is O=C(NCC1CCCN1)N1CCOCC1. The van der Waals surface area contributed by atoms with Crippen LogP contribution < -0.4 is 10.6 Å². The van der Waals surface area contributed by atoms with Crippen LogP contribution in [0, 0.1) is 0 Å². The van der Waals surface area contributed by atoms with Gasteiger partial charge in [0, 0.05) is 25.7 Å². The van der Waals surface area contributed by atoms with Crippen molar-refractivity contribution in [2.75, 3.05) is 39.4 Å². The summed E-state index contributed by atoms with van der Waals surface area (Å²) >= 11 is 0. The molecule has 1 unspecified atom stereocenters. The second-order valence-electron chi connectivity index (χ2n) is 4.08. The Morgan fingerprint density at radius 3 is 2.93 bits per heavy atom. The van der Waals surface area contributed by atoms with Gasteiger partial charge in [0.15, 0.2) is 0 Å². The number of carbonyl (C=O) groups excluding carboxylic acids is 1. The number of hydrogen-bond donors (Lipinski definition) is 2. The Bertz CT molecular complexity index is 211. The Morgan fingerprint density at radius 2 is 2.27 bits per heavy atom. The van der Waals surface area contributed by atoms with Crippen LogP contribution in [0.4, 0.5) is 4.79 Å². The highest BCUT2D eigenvalue weighted by Gasteiger charge is 2.19. The number of rotatable bonds is 2. The van der Waals surface area contributed by atoms with Crippen LogP contribution in [0.3, 0.4) is 0 Å². The van der Waals surface area contributed by atoms with E-state index in [0.29, 0.717) is 32.3 Å². The van der Waals surface area contributed by atoms with Crippen molar-refractivity contribution in [2.45, 2.75) is 18.9 Å².